The lowest BCUT2D eigenvalue weighted by atomic mass is 9.98. The van der Waals surface area contributed by atoms with Gasteiger partial charge in [-0.15, -0.1) is 0 Å². The number of nitrogens with two attached hydrogens (primary N) is 1. The fraction of sp³-hybridized carbons (Fsp3) is 0.250. The van der Waals surface area contributed by atoms with E-state index in [0.717, 1.165) is 27.3 Å². The molecule has 0 aliphatic rings. The molecule has 2 N–H and O–H groups in total. The highest BCUT2D eigenvalue weighted by Crippen LogP contribution is 2.38. The number of hydrogen-bond donors (Lipinski definition) is 1. The molecule has 0 saturated heterocycles. The van der Waals surface area contributed by atoms with Crippen LogP contribution >= 0.6 is 11.6 Å². The van der Waals surface area contributed by atoms with Crippen molar-refractivity contribution in [2.75, 3.05) is 14.2 Å². The van der Waals surface area contributed by atoms with E-state index in [4.69, 9.17) is 26.8 Å². The van der Waals surface area contributed by atoms with E-state index in [0.29, 0.717) is 18.0 Å². The summed E-state index contributed by atoms with van der Waals surface area (Å²) in [5.41, 5.74) is 9.82. The third-order valence-corrected chi connectivity index (χ3v) is 3.76. The van der Waals surface area contributed by atoms with Gasteiger partial charge in [-0.2, -0.15) is 0 Å². The maximum Gasteiger partial charge on any atom is 0.165 e. The molecule has 2 aromatic carbocycles. The molecular formula is C16H18ClNO2. The monoisotopic (exact) mass is 291 g/mol. The Morgan fingerprint density at radius 2 is 1.90 bits per heavy atom. The van der Waals surface area contributed by atoms with Gasteiger partial charge in [0.05, 0.1) is 14.2 Å². The summed E-state index contributed by atoms with van der Waals surface area (Å²) in [4.78, 5) is 0. The molecule has 0 amide bonds. The van der Waals surface area contributed by atoms with Gasteiger partial charge < -0.3 is 15.2 Å². The van der Waals surface area contributed by atoms with Crippen molar-refractivity contribution in [2.24, 2.45) is 5.73 Å². The summed E-state index contributed by atoms with van der Waals surface area (Å²) in [5, 5.41) is 0.742. The maximum absolute atomic E-state index is 6.19. The number of hydrogen-bond acceptors (Lipinski definition) is 3. The van der Waals surface area contributed by atoms with Crippen LogP contribution in [-0.4, -0.2) is 14.2 Å². The van der Waals surface area contributed by atoms with Crippen LogP contribution in [0.3, 0.4) is 0 Å². The molecule has 0 bridgehead atoms. The van der Waals surface area contributed by atoms with Crippen LogP contribution in [-0.2, 0) is 6.54 Å². The molecule has 0 fully saturated rings. The van der Waals surface area contributed by atoms with Gasteiger partial charge >= 0.3 is 0 Å². The second kappa shape index (κ2) is 6.16. The summed E-state index contributed by atoms with van der Waals surface area (Å²) in [5.74, 6) is 1.35. The lowest BCUT2D eigenvalue weighted by molar-refractivity contribution is 0.352. The molecule has 0 saturated carbocycles. The standard InChI is InChI=1S/C16H18ClNO2/c1-10-13(5-4-6-14(10)17)11-7-12(9-18)16(20-3)15(8-11)19-2/h4-8H,9,18H2,1-3H3. The zero-order valence-corrected chi connectivity index (χ0v) is 12.6. The lowest BCUT2D eigenvalue weighted by Gasteiger charge is -2.15. The van der Waals surface area contributed by atoms with Gasteiger partial charge in [0.15, 0.2) is 11.5 Å². The summed E-state index contributed by atoms with van der Waals surface area (Å²) in [6.45, 7) is 2.38. The highest BCUT2D eigenvalue weighted by atomic mass is 35.5. The van der Waals surface area contributed by atoms with Gasteiger partial charge in [0.2, 0.25) is 0 Å². The topological polar surface area (TPSA) is 44.5 Å². The van der Waals surface area contributed by atoms with Gasteiger partial charge in [-0.25, -0.2) is 0 Å². The van der Waals surface area contributed by atoms with E-state index in [1.165, 1.54) is 0 Å². The van der Waals surface area contributed by atoms with E-state index in [9.17, 15) is 0 Å². The first kappa shape index (κ1) is 14.7. The third-order valence-electron chi connectivity index (χ3n) is 3.35. The molecule has 2 aromatic rings. The largest absolute Gasteiger partial charge is 0.493 e. The highest BCUT2D eigenvalue weighted by molar-refractivity contribution is 6.31. The number of ether oxygens (including phenoxy) is 2. The molecule has 0 radical (unpaired) electrons. The Hall–Kier alpha value is -1.71. The Labute approximate surface area is 124 Å². The van der Waals surface area contributed by atoms with Crippen molar-refractivity contribution in [2.45, 2.75) is 13.5 Å². The van der Waals surface area contributed by atoms with Crippen LogP contribution in [0.4, 0.5) is 0 Å². The minimum Gasteiger partial charge on any atom is -0.493 e. The molecule has 20 heavy (non-hydrogen) atoms. The predicted octanol–water partition coefficient (Wildman–Crippen LogP) is 3.79. The summed E-state index contributed by atoms with van der Waals surface area (Å²) in [6.07, 6.45) is 0. The van der Waals surface area contributed by atoms with Gasteiger partial charge in [0, 0.05) is 17.1 Å². The van der Waals surface area contributed by atoms with Crippen LogP contribution in [0.15, 0.2) is 30.3 Å². The van der Waals surface area contributed by atoms with E-state index in [2.05, 4.69) is 0 Å². The second-order valence-corrected chi connectivity index (χ2v) is 4.89. The normalized spacial score (nSPS) is 10.4. The van der Waals surface area contributed by atoms with Crippen LogP contribution in [0.25, 0.3) is 11.1 Å². The smallest absolute Gasteiger partial charge is 0.165 e. The lowest BCUT2D eigenvalue weighted by Crippen LogP contribution is -2.02. The summed E-state index contributed by atoms with van der Waals surface area (Å²) in [7, 11) is 3.23. The van der Waals surface area contributed by atoms with E-state index in [1.807, 2.05) is 37.3 Å². The Morgan fingerprint density at radius 3 is 2.50 bits per heavy atom. The molecule has 0 spiro atoms. The number of benzene rings is 2. The van der Waals surface area contributed by atoms with E-state index in [-0.39, 0.29) is 0 Å². The zero-order valence-electron chi connectivity index (χ0n) is 11.9. The average molecular weight is 292 g/mol. The third kappa shape index (κ3) is 2.60. The second-order valence-electron chi connectivity index (χ2n) is 4.49. The number of halogens is 1. The molecule has 106 valence electrons. The van der Waals surface area contributed by atoms with Crippen LogP contribution < -0.4 is 15.2 Å². The molecular weight excluding hydrogens is 274 g/mol. The maximum atomic E-state index is 6.19. The molecule has 4 heteroatoms. The number of methoxy groups -OCH3 is 2. The molecule has 3 nitrogen and oxygen atoms in total. The van der Waals surface area contributed by atoms with Crippen LogP contribution in [0.5, 0.6) is 11.5 Å². The quantitative estimate of drug-likeness (QED) is 0.932. The van der Waals surface area contributed by atoms with Gasteiger partial charge in [-0.3, -0.25) is 0 Å². The van der Waals surface area contributed by atoms with Crippen LogP contribution in [0.1, 0.15) is 11.1 Å². The van der Waals surface area contributed by atoms with Gasteiger partial charge in [0.25, 0.3) is 0 Å². The van der Waals surface area contributed by atoms with Crippen LogP contribution in [0.2, 0.25) is 5.02 Å². The van der Waals surface area contributed by atoms with Gasteiger partial charge in [0.1, 0.15) is 0 Å². The average Bonchev–Trinajstić information content (AvgIpc) is 2.48. The minimum absolute atomic E-state index is 0.382. The first-order valence-electron chi connectivity index (χ1n) is 6.32. The highest BCUT2D eigenvalue weighted by Gasteiger charge is 2.14. The Balaban J connectivity index is 2.66. The molecule has 0 unspecified atom stereocenters. The fourth-order valence-corrected chi connectivity index (χ4v) is 2.45. The van der Waals surface area contributed by atoms with Crippen molar-refractivity contribution in [3.05, 3.63) is 46.5 Å². The van der Waals surface area contributed by atoms with E-state index >= 15 is 0 Å². The van der Waals surface area contributed by atoms with E-state index in [1.54, 1.807) is 14.2 Å². The summed E-state index contributed by atoms with van der Waals surface area (Å²) >= 11 is 6.19. The van der Waals surface area contributed by atoms with E-state index < -0.39 is 0 Å². The number of rotatable bonds is 4. The van der Waals surface area contributed by atoms with Gasteiger partial charge in [-0.05, 0) is 41.8 Å². The van der Waals surface area contributed by atoms with Crippen molar-refractivity contribution in [3.8, 4) is 22.6 Å². The van der Waals surface area contributed by atoms with Crippen molar-refractivity contribution < 1.29 is 9.47 Å². The Morgan fingerprint density at radius 1 is 1.15 bits per heavy atom. The SMILES string of the molecule is COc1cc(-c2cccc(Cl)c2C)cc(CN)c1OC. The molecule has 0 aliphatic carbocycles. The van der Waals surface area contributed by atoms with Crippen molar-refractivity contribution in [3.63, 3.8) is 0 Å². The molecule has 2 rings (SSSR count). The van der Waals surface area contributed by atoms with Crippen molar-refractivity contribution >= 4 is 11.6 Å². The van der Waals surface area contributed by atoms with Crippen molar-refractivity contribution in [1.29, 1.82) is 0 Å². The first-order valence-corrected chi connectivity index (χ1v) is 6.70. The zero-order chi connectivity index (χ0) is 14.7. The molecule has 0 aromatic heterocycles. The molecule has 0 aliphatic heterocycles. The fourth-order valence-electron chi connectivity index (χ4n) is 2.27. The minimum atomic E-state index is 0.382. The van der Waals surface area contributed by atoms with Gasteiger partial charge in [-0.1, -0.05) is 23.7 Å². The summed E-state index contributed by atoms with van der Waals surface area (Å²) < 4.78 is 10.8. The Kier molecular flexibility index (Phi) is 4.53. The Bertz CT molecular complexity index is 601. The molecule has 0 atom stereocenters. The predicted molar refractivity (Wildman–Crippen MR) is 82.6 cm³/mol. The summed E-state index contributed by atoms with van der Waals surface area (Å²) in [6, 6.07) is 9.80. The van der Waals surface area contributed by atoms with Crippen LogP contribution in [0, 0.1) is 6.92 Å². The molecule has 0 heterocycles. The van der Waals surface area contributed by atoms with Crippen molar-refractivity contribution in [1.82, 2.24) is 0 Å². The first-order chi connectivity index (χ1) is 9.62.